The van der Waals surface area contributed by atoms with Crippen LogP contribution in [0.2, 0.25) is 0 Å². The Morgan fingerprint density at radius 3 is 2.67 bits per heavy atom. The van der Waals surface area contributed by atoms with Crippen LogP contribution in [0.4, 0.5) is 4.79 Å². The van der Waals surface area contributed by atoms with Gasteiger partial charge in [0.25, 0.3) is 0 Å². The number of aliphatic carboxylic acids is 1. The number of carbonyl (C=O) groups excluding carboxylic acids is 1. The van der Waals surface area contributed by atoms with Crippen molar-refractivity contribution in [3.8, 4) is 0 Å². The van der Waals surface area contributed by atoms with E-state index in [1.807, 2.05) is 0 Å². The van der Waals surface area contributed by atoms with Gasteiger partial charge in [-0.25, -0.2) is 9.59 Å². The van der Waals surface area contributed by atoms with Gasteiger partial charge in [-0.2, -0.15) is 0 Å². The molecule has 6 nitrogen and oxygen atoms in total. The fraction of sp³-hybridized carbons (Fsp3) is 0.600. The largest absolute Gasteiger partial charge is 0.480 e. The van der Waals surface area contributed by atoms with Gasteiger partial charge in [-0.1, -0.05) is 13.3 Å². The van der Waals surface area contributed by atoms with E-state index in [1.54, 1.807) is 12.3 Å². The van der Waals surface area contributed by atoms with Crippen LogP contribution in [0, 0.1) is 5.92 Å². The monoisotopic (exact) mass is 294 g/mol. The molecule has 1 aromatic rings. The van der Waals surface area contributed by atoms with Crippen LogP contribution in [0.3, 0.4) is 0 Å². The highest BCUT2D eigenvalue weighted by atomic mass is 16.4. The van der Waals surface area contributed by atoms with Crippen molar-refractivity contribution < 1.29 is 19.1 Å². The van der Waals surface area contributed by atoms with Gasteiger partial charge in [-0.05, 0) is 37.7 Å². The van der Waals surface area contributed by atoms with E-state index in [9.17, 15) is 14.7 Å². The van der Waals surface area contributed by atoms with E-state index in [0.29, 0.717) is 25.3 Å². The van der Waals surface area contributed by atoms with Gasteiger partial charge < -0.3 is 20.2 Å². The average Bonchev–Trinajstić information content (AvgIpc) is 2.99. The first-order valence-corrected chi connectivity index (χ1v) is 7.36. The number of rotatable bonds is 5. The molecule has 21 heavy (non-hydrogen) atoms. The van der Waals surface area contributed by atoms with Crippen LogP contribution in [0.1, 0.15) is 44.6 Å². The van der Waals surface area contributed by atoms with Crippen LogP contribution in [-0.2, 0) is 11.3 Å². The topological polar surface area (TPSA) is 91.6 Å². The summed E-state index contributed by atoms with van der Waals surface area (Å²) < 4.78 is 4.91. The summed E-state index contributed by atoms with van der Waals surface area (Å²) in [6.45, 7) is 2.43. The third-order valence-electron chi connectivity index (χ3n) is 4.33. The lowest BCUT2D eigenvalue weighted by atomic mass is 9.75. The van der Waals surface area contributed by atoms with Crippen LogP contribution in [0.15, 0.2) is 23.0 Å². The molecule has 1 aromatic heterocycles. The third-order valence-corrected chi connectivity index (χ3v) is 4.33. The molecule has 0 unspecified atom stereocenters. The van der Waals surface area contributed by atoms with Gasteiger partial charge in [0.15, 0.2) is 0 Å². The summed E-state index contributed by atoms with van der Waals surface area (Å²) in [6, 6.07) is 1.30. The van der Waals surface area contributed by atoms with Crippen molar-refractivity contribution in [2.24, 2.45) is 5.92 Å². The first-order valence-electron chi connectivity index (χ1n) is 7.36. The molecule has 1 fully saturated rings. The van der Waals surface area contributed by atoms with Gasteiger partial charge in [-0.15, -0.1) is 0 Å². The van der Waals surface area contributed by atoms with E-state index in [4.69, 9.17) is 4.42 Å². The van der Waals surface area contributed by atoms with Gasteiger partial charge >= 0.3 is 12.0 Å². The minimum atomic E-state index is -1.13. The highest BCUT2D eigenvalue weighted by molar-refractivity contribution is 5.86. The quantitative estimate of drug-likeness (QED) is 0.778. The van der Waals surface area contributed by atoms with Crippen LogP contribution in [-0.4, -0.2) is 22.6 Å². The lowest BCUT2D eigenvalue weighted by Crippen LogP contribution is -2.58. The molecule has 1 heterocycles. The Labute approximate surface area is 123 Å². The van der Waals surface area contributed by atoms with Crippen LogP contribution >= 0.6 is 0 Å². The van der Waals surface area contributed by atoms with Crippen molar-refractivity contribution in [3.63, 3.8) is 0 Å². The predicted octanol–water partition coefficient (Wildman–Crippen LogP) is 2.50. The molecule has 1 aliphatic carbocycles. The Hall–Kier alpha value is -1.98. The Morgan fingerprint density at radius 1 is 1.43 bits per heavy atom. The minimum Gasteiger partial charge on any atom is -0.480 e. The van der Waals surface area contributed by atoms with E-state index < -0.39 is 17.5 Å². The van der Waals surface area contributed by atoms with E-state index in [-0.39, 0.29) is 0 Å². The normalized spacial score (nSPS) is 25.3. The summed E-state index contributed by atoms with van der Waals surface area (Å²) in [6.07, 6.45) is 6.78. The minimum absolute atomic E-state index is 0.315. The summed E-state index contributed by atoms with van der Waals surface area (Å²) in [5, 5.41) is 14.8. The number of hydrogen-bond donors (Lipinski definition) is 3. The molecular weight excluding hydrogens is 272 g/mol. The zero-order chi connectivity index (χ0) is 15.3. The number of amides is 2. The SMILES string of the molecule is CCC1CCC(NC(=O)NCc2ccoc2)(C(=O)O)CC1. The Balaban J connectivity index is 1.90. The summed E-state index contributed by atoms with van der Waals surface area (Å²) in [5.41, 5.74) is -0.296. The molecule has 0 atom stereocenters. The average molecular weight is 294 g/mol. The zero-order valence-electron chi connectivity index (χ0n) is 12.2. The molecule has 116 valence electrons. The number of furan rings is 1. The maximum absolute atomic E-state index is 12.0. The third kappa shape index (κ3) is 3.77. The maximum atomic E-state index is 12.0. The number of carboxylic acid groups (broad SMARTS) is 1. The first kappa shape index (κ1) is 15.4. The molecule has 1 saturated carbocycles. The Bertz CT molecular complexity index is 476. The molecule has 2 amide bonds. The lowest BCUT2D eigenvalue weighted by molar-refractivity contribution is -0.146. The molecule has 0 saturated heterocycles. The van der Waals surface area contributed by atoms with Crippen molar-refractivity contribution in [2.45, 2.75) is 51.1 Å². The van der Waals surface area contributed by atoms with Crippen LogP contribution in [0.25, 0.3) is 0 Å². The predicted molar refractivity (Wildman–Crippen MR) is 76.7 cm³/mol. The van der Waals surface area contributed by atoms with Crippen molar-refractivity contribution >= 4 is 12.0 Å². The second-order valence-corrected chi connectivity index (χ2v) is 5.68. The second kappa shape index (κ2) is 6.65. The highest BCUT2D eigenvalue weighted by Crippen LogP contribution is 2.33. The van der Waals surface area contributed by atoms with Gasteiger partial charge in [0, 0.05) is 12.1 Å². The Morgan fingerprint density at radius 2 is 2.14 bits per heavy atom. The summed E-state index contributed by atoms with van der Waals surface area (Å²) in [5.74, 6) is -0.385. The van der Waals surface area contributed by atoms with Crippen molar-refractivity contribution in [1.82, 2.24) is 10.6 Å². The molecule has 0 bridgehead atoms. The standard InChI is InChI=1S/C15H22N2O4/c1-2-11-3-6-15(7-4-11,13(18)19)17-14(20)16-9-12-5-8-21-10-12/h5,8,10-11H,2-4,6-7,9H2,1H3,(H,18,19)(H2,16,17,20). The van der Waals surface area contributed by atoms with E-state index in [1.165, 1.54) is 6.26 Å². The van der Waals surface area contributed by atoms with Crippen molar-refractivity contribution in [1.29, 1.82) is 0 Å². The summed E-state index contributed by atoms with van der Waals surface area (Å²) >= 11 is 0. The number of urea groups is 1. The molecular formula is C15H22N2O4. The molecule has 0 radical (unpaired) electrons. The number of nitrogens with one attached hydrogen (secondary N) is 2. The molecule has 0 spiro atoms. The fourth-order valence-corrected chi connectivity index (χ4v) is 2.81. The lowest BCUT2D eigenvalue weighted by Gasteiger charge is -2.37. The second-order valence-electron chi connectivity index (χ2n) is 5.68. The van der Waals surface area contributed by atoms with E-state index in [0.717, 1.165) is 24.8 Å². The number of carbonyl (C=O) groups is 2. The number of carboxylic acids is 1. The highest BCUT2D eigenvalue weighted by Gasteiger charge is 2.42. The fourth-order valence-electron chi connectivity index (χ4n) is 2.81. The maximum Gasteiger partial charge on any atom is 0.329 e. The van der Waals surface area contributed by atoms with Gasteiger partial charge in [0.05, 0.1) is 12.5 Å². The van der Waals surface area contributed by atoms with Crippen molar-refractivity contribution in [2.75, 3.05) is 0 Å². The van der Waals surface area contributed by atoms with Gasteiger partial charge in [0.2, 0.25) is 0 Å². The molecule has 2 rings (SSSR count). The van der Waals surface area contributed by atoms with Crippen LogP contribution in [0.5, 0.6) is 0 Å². The zero-order valence-corrected chi connectivity index (χ0v) is 12.2. The van der Waals surface area contributed by atoms with Crippen LogP contribution < -0.4 is 10.6 Å². The summed E-state index contributed by atoms with van der Waals surface area (Å²) in [4.78, 5) is 23.5. The Kier molecular flexibility index (Phi) is 4.88. The number of hydrogen-bond acceptors (Lipinski definition) is 3. The smallest absolute Gasteiger partial charge is 0.329 e. The van der Waals surface area contributed by atoms with Gasteiger partial charge in [0.1, 0.15) is 5.54 Å². The van der Waals surface area contributed by atoms with Crippen molar-refractivity contribution in [3.05, 3.63) is 24.2 Å². The molecule has 3 N–H and O–H groups in total. The first-order chi connectivity index (χ1) is 10.1. The molecule has 1 aliphatic rings. The van der Waals surface area contributed by atoms with Gasteiger partial charge in [-0.3, -0.25) is 0 Å². The van der Waals surface area contributed by atoms with E-state index in [2.05, 4.69) is 17.6 Å². The molecule has 0 aromatic carbocycles. The van der Waals surface area contributed by atoms with E-state index >= 15 is 0 Å². The molecule has 0 aliphatic heterocycles. The molecule has 6 heteroatoms. The summed E-state index contributed by atoms with van der Waals surface area (Å²) in [7, 11) is 0.